The molecule has 0 aliphatic heterocycles. The molecule has 0 spiro atoms. The van der Waals surface area contributed by atoms with Crippen molar-refractivity contribution in [3.05, 3.63) is 60.2 Å². The molecular weight excluding hydrogens is 320 g/mol. The molecule has 0 atom stereocenters. The highest BCUT2D eigenvalue weighted by atomic mass is 16.5. The summed E-state index contributed by atoms with van der Waals surface area (Å²) < 4.78 is 10.5. The van der Waals surface area contributed by atoms with Crippen molar-refractivity contribution in [1.29, 1.82) is 0 Å². The largest absolute Gasteiger partial charge is 0.497 e. The number of pyridine rings is 1. The maximum Gasteiger partial charge on any atom is 0.257 e. The molecule has 0 bridgehead atoms. The normalized spacial score (nSPS) is 11.0. The molecule has 0 amide bonds. The maximum atomic E-state index is 9.29. The Balaban J connectivity index is 1.69. The van der Waals surface area contributed by atoms with Gasteiger partial charge in [-0.2, -0.15) is 4.98 Å². The zero-order valence-electron chi connectivity index (χ0n) is 14.0. The van der Waals surface area contributed by atoms with Gasteiger partial charge in [0.1, 0.15) is 5.75 Å². The molecule has 2 aromatic heterocycles. The van der Waals surface area contributed by atoms with Crippen molar-refractivity contribution in [3.8, 4) is 17.2 Å². The summed E-state index contributed by atoms with van der Waals surface area (Å²) in [4.78, 5) is 10.6. The molecule has 130 valence electrons. The third-order valence-corrected chi connectivity index (χ3v) is 3.72. The first-order valence-corrected chi connectivity index (χ1v) is 7.97. The van der Waals surface area contributed by atoms with Crippen LogP contribution in [0.15, 0.2) is 53.3 Å². The molecule has 0 unspecified atom stereocenters. The lowest BCUT2D eigenvalue weighted by Gasteiger charge is -2.19. The lowest BCUT2D eigenvalue weighted by Crippen LogP contribution is -2.26. The summed E-state index contributed by atoms with van der Waals surface area (Å²) in [7, 11) is 1.62. The minimum atomic E-state index is 0.0590. The molecule has 7 heteroatoms. The molecule has 0 saturated heterocycles. The van der Waals surface area contributed by atoms with E-state index in [0.717, 1.165) is 16.9 Å². The average molecular weight is 340 g/mol. The number of nitrogens with zero attached hydrogens (tertiary/aromatic N) is 4. The van der Waals surface area contributed by atoms with Gasteiger partial charge in [0.15, 0.2) is 5.82 Å². The predicted octanol–water partition coefficient (Wildman–Crippen LogP) is 2.13. The van der Waals surface area contributed by atoms with Crippen molar-refractivity contribution in [1.82, 2.24) is 20.0 Å². The first-order chi connectivity index (χ1) is 12.3. The fourth-order valence-corrected chi connectivity index (χ4v) is 2.47. The Kier molecular flexibility index (Phi) is 5.71. The van der Waals surface area contributed by atoms with Crippen molar-refractivity contribution < 1.29 is 14.4 Å². The number of hydrogen-bond acceptors (Lipinski definition) is 7. The summed E-state index contributed by atoms with van der Waals surface area (Å²) in [6.07, 6.45) is 3.55. The molecule has 3 rings (SSSR count). The average Bonchev–Trinajstić information content (AvgIpc) is 3.11. The molecule has 3 aromatic rings. The number of aliphatic hydroxyl groups excluding tert-OH is 1. The van der Waals surface area contributed by atoms with Crippen LogP contribution in [0.3, 0.4) is 0 Å². The van der Waals surface area contributed by atoms with Crippen LogP contribution < -0.4 is 4.74 Å². The van der Waals surface area contributed by atoms with Crippen LogP contribution in [0, 0.1) is 0 Å². The van der Waals surface area contributed by atoms with Gasteiger partial charge in [-0.3, -0.25) is 9.88 Å². The fraction of sp³-hybridized carbons (Fsp3) is 0.278. The molecule has 0 radical (unpaired) electrons. The third kappa shape index (κ3) is 4.62. The van der Waals surface area contributed by atoms with E-state index in [2.05, 4.69) is 15.1 Å². The van der Waals surface area contributed by atoms with E-state index in [1.807, 2.05) is 47.5 Å². The summed E-state index contributed by atoms with van der Waals surface area (Å²) in [5.41, 5.74) is 1.90. The molecule has 7 nitrogen and oxygen atoms in total. The molecule has 0 saturated carbocycles. The van der Waals surface area contributed by atoms with E-state index in [-0.39, 0.29) is 6.61 Å². The van der Waals surface area contributed by atoms with Gasteiger partial charge in [0.05, 0.1) is 20.3 Å². The second kappa shape index (κ2) is 8.36. The van der Waals surface area contributed by atoms with Crippen molar-refractivity contribution in [2.45, 2.75) is 13.1 Å². The molecule has 1 N–H and O–H groups in total. The van der Waals surface area contributed by atoms with Gasteiger partial charge in [0.2, 0.25) is 0 Å². The number of aliphatic hydroxyl groups is 1. The van der Waals surface area contributed by atoms with Gasteiger partial charge < -0.3 is 14.4 Å². The van der Waals surface area contributed by atoms with E-state index in [9.17, 15) is 5.11 Å². The molecule has 2 heterocycles. The Morgan fingerprint density at radius 1 is 1.16 bits per heavy atom. The molecule has 0 aliphatic rings. The summed E-state index contributed by atoms with van der Waals surface area (Å²) in [6, 6.07) is 11.3. The number of aromatic nitrogens is 3. The second-order valence-corrected chi connectivity index (χ2v) is 5.54. The van der Waals surface area contributed by atoms with Gasteiger partial charge in [-0.05, 0) is 35.9 Å². The van der Waals surface area contributed by atoms with Crippen LogP contribution in [-0.2, 0) is 13.1 Å². The fourth-order valence-electron chi connectivity index (χ4n) is 2.47. The van der Waals surface area contributed by atoms with Crippen LogP contribution in [0.4, 0.5) is 0 Å². The summed E-state index contributed by atoms with van der Waals surface area (Å²) in [6.45, 7) is 1.71. The monoisotopic (exact) mass is 340 g/mol. The lowest BCUT2D eigenvalue weighted by atomic mass is 10.2. The van der Waals surface area contributed by atoms with E-state index >= 15 is 0 Å². The zero-order valence-corrected chi connectivity index (χ0v) is 14.0. The highest BCUT2D eigenvalue weighted by Crippen LogP contribution is 2.21. The van der Waals surface area contributed by atoms with E-state index in [0.29, 0.717) is 31.3 Å². The van der Waals surface area contributed by atoms with Crippen LogP contribution in [0.1, 0.15) is 11.4 Å². The summed E-state index contributed by atoms with van der Waals surface area (Å²) in [5, 5.41) is 13.3. The molecule has 0 aliphatic carbocycles. The van der Waals surface area contributed by atoms with Gasteiger partial charge in [-0.25, -0.2) is 0 Å². The number of ether oxygens (including phenoxy) is 1. The van der Waals surface area contributed by atoms with Crippen LogP contribution in [0.5, 0.6) is 5.75 Å². The quantitative estimate of drug-likeness (QED) is 0.672. The number of rotatable bonds is 8. The molecule has 0 fully saturated rings. The van der Waals surface area contributed by atoms with Crippen molar-refractivity contribution in [3.63, 3.8) is 0 Å². The van der Waals surface area contributed by atoms with E-state index in [1.54, 1.807) is 13.3 Å². The Hall–Kier alpha value is -2.77. The number of hydrogen-bond donors (Lipinski definition) is 1. The zero-order chi connectivity index (χ0) is 17.5. The van der Waals surface area contributed by atoms with Crippen LogP contribution in [0.25, 0.3) is 11.5 Å². The third-order valence-electron chi connectivity index (χ3n) is 3.72. The molecule has 25 heavy (non-hydrogen) atoms. The SMILES string of the molecule is COc1ccc(-c2nc(CN(CCO)Cc3cccnc3)no2)cc1. The lowest BCUT2D eigenvalue weighted by molar-refractivity contribution is 0.179. The van der Waals surface area contributed by atoms with Crippen molar-refractivity contribution >= 4 is 0 Å². The highest BCUT2D eigenvalue weighted by Gasteiger charge is 2.13. The molecule has 1 aromatic carbocycles. The van der Waals surface area contributed by atoms with Crippen molar-refractivity contribution in [2.24, 2.45) is 0 Å². The first-order valence-electron chi connectivity index (χ1n) is 7.97. The van der Waals surface area contributed by atoms with Crippen molar-refractivity contribution in [2.75, 3.05) is 20.3 Å². The topological polar surface area (TPSA) is 84.5 Å². The second-order valence-electron chi connectivity index (χ2n) is 5.54. The van der Waals surface area contributed by atoms with Gasteiger partial charge in [0.25, 0.3) is 5.89 Å². The summed E-state index contributed by atoms with van der Waals surface area (Å²) >= 11 is 0. The smallest absolute Gasteiger partial charge is 0.257 e. The van der Waals surface area contributed by atoms with E-state index in [1.165, 1.54) is 0 Å². The van der Waals surface area contributed by atoms with Crippen LogP contribution in [0.2, 0.25) is 0 Å². The standard InChI is InChI=1S/C18H20N4O3/c1-24-16-6-4-15(5-7-16)18-20-17(21-25-18)13-22(9-10-23)12-14-3-2-8-19-11-14/h2-8,11,23H,9-10,12-13H2,1H3. The molecular formula is C18H20N4O3. The Morgan fingerprint density at radius 2 is 2.00 bits per heavy atom. The minimum Gasteiger partial charge on any atom is -0.497 e. The first kappa shape index (κ1) is 17.1. The van der Waals surface area contributed by atoms with Crippen LogP contribution in [-0.4, -0.2) is 45.4 Å². The Bertz CT molecular complexity index is 775. The number of methoxy groups -OCH3 is 1. The number of benzene rings is 1. The minimum absolute atomic E-state index is 0.0590. The van der Waals surface area contributed by atoms with Gasteiger partial charge in [-0.15, -0.1) is 0 Å². The van der Waals surface area contributed by atoms with E-state index in [4.69, 9.17) is 9.26 Å². The highest BCUT2D eigenvalue weighted by molar-refractivity contribution is 5.54. The predicted molar refractivity (Wildman–Crippen MR) is 91.7 cm³/mol. The van der Waals surface area contributed by atoms with Crippen LogP contribution >= 0.6 is 0 Å². The van der Waals surface area contributed by atoms with Gasteiger partial charge in [0, 0.05) is 31.0 Å². The maximum absolute atomic E-state index is 9.29. The van der Waals surface area contributed by atoms with Gasteiger partial charge in [-0.1, -0.05) is 11.2 Å². The van der Waals surface area contributed by atoms with Gasteiger partial charge >= 0.3 is 0 Å². The Labute approximate surface area is 145 Å². The van der Waals surface area contributed by atoms with E-state index < -0.39 is 0 Å². The Morgan fingerprint density at radius 3 is 2.68 bits per heavy atom. The summed E-state index contributed by atoms with van der Waals surface area (Å²) in [5.74, 6) is 1.81.